The largest absolute Gasteiger partial charge is 0.423 e. The Morgan fingerprint density at radius 3 is 2.72 bits per heavy atom. The highest BCUT2D eigenvalue weighted by Gasteiger charge is 2.26. The second kappa shape index (κ2) is 6.46. The Kier molecular flexibility index (Phi) is 4.35. The van der Waals surface area contributed by atoms with Gasteiger partial charge < -0.3 is 15.0 Å². The van der Waals surface area contributed by atoms with Crippen LogP contribution in [0.1, 0.15) is 5.56 Å². The van der Waals surface area contributed by atoms with Crippen molar-refractivity contribution < 1.29 is 27.5 Å². The summed E-state index contributed by atoms with van der Waals surface area (Å²) in [5, 5.41) is 2.17. The molecule has 130 valence electrons. The molecule has 1 N–H and O–H groups in total. The molecule has 8 heteroatoms. The topological polar surface area (TPSA) is 58.6 Å². The highest BCUT2D eigenvalue weighted by Crippen LogP contribution is 2.32. The van der Waals surface area contributed by atoms with Crippen molar-refractivity contribution in [3.8, 4) is 5.75 Å². The maximum Gasteiger partial charge on any atom is 0.331 e. The Morgan fingerprint density at radius 2 is 1.96 bits per heavy atom. The first kappa shape index (κ1) is 16.8. The van der Waals surface area contributed by atoms with Crippen LogP contribution >= 0.6 is 0 Å². The van der Waals surface area contributed by atoms with Crippen LogP contribution in [0.4, 0.5) is 24.5 Å². The van der Waals surface area contributed by atoms with Crippen molar-refractivity contribution in [3.05, 3.63) is 53.3 Å². The van der Waals surface area contributed by atoms with Crippen molar-refractivity contribution in [1.82, 2.24) is 0 Å². The maximum absolute atomic E-state index is 13.6. The van der Waals surface area contributed by atoms with Gasteiger partial charge in [-0.25, -0.2) is 18.0 Å². The van der Waals surface area contributed by atoms with Crippen LogP contribution in [0.15, 0.2) is 30.3 Å². The minimum absolute atomic E-state index is 0.163. The molecule has 1 aliphatic heterocycles. The maximum atomic E-state index is 13.6. The number of benzene rings is 2. The smallest absolute Gasteiger partial charge is 0.331 e. The quantitative estimate of drug-likeness (QED) is 0.525. The third kappa shape index (κ3) is 3.42. The lowest BCUT2D eigenvalue weighted by Gasteiger charge is -2.29. The van der Waals surface area contributed by atoms with Gasteiger partial charge in [0.15, 0.2) is 23.2 Å². The molecule has 0 bridgehead atoms. The Balaban J connectivity index is 1.79. The fourth-order valence-corrected chi connectivity index (χ4v) is 2.48. The van der Waals surface area contributed by atoms with Gasteiger partial charge in [-0.15, -0.1) is 0 Å². The molecular weight excluding hydrogens is 337 g/mol. The fourth-order valence-electron chi connectivity index (χ4n) is 2.48. The molecule has 2 aromatic rings. The molecule has 0 atom stereocenters. The predicted octanol–water partition coefficient (Wildman–Crippen LogP) is 2.78. The first-order valence-electron chi connectivity index (χ1n) is 7.35. The number of aryl methyl sites for hydroxylation is 1. The van der Waals surface area contributed by atoms with Crippen LogP contribution < -0.4 is 15.0 Å². The Hall–Kier alpha value is -3.03. The predicted molar refractivity (Wildman–Crippen MR) is 84.0 cm³/mol. The molecule has 0 fully saturated rings. The van der Waals surface area contributed by atoms with Crippen molar-refractivity contribution in [2.45, 2.75) is 6.92 Å². The molecule has 1 heterocycles. The van der Waals surface area contributed by atoms with E-state index < -0.39 is 35.0 Å². The molecule has 1 aliphatic rings. The van der Waals surface area contributed by atoms with E-state index >= 15 is 0 Å². The number of anilines is 2. The van der Waals surface area contributed by atoms with E-state index in [0.29, 0.717) is 17.5 Å². The first-order chi connectivity index (χ1) is 11.8. The Labute approximate surface area is 141 Å². The van der Waals surface area contributed by atoms with Crippen LogP contribution in [0.2, 0.25) is 0 Å². The first-order valence-corrected chi connectivity index (χ1v) is 7.35. The highest BCUT2D eigenvalue weighted by atomic mass is 19.2. The average molecular weight is 350 g/mol. The molecule has 0 aromatic heterocycles. The van der Waals surface area contributed by atoms with E-state index in [9.17, 15) is 22.8 Å². The van der Waals surface area contributed by atoms with Crippen molar-refractivity contribution in [2.75, 3.05) is 23.3 Å². The number of hydrogen-bond acceptors (Lipinski definition) is 4. The molecule has 0 aliphatic carbocycles. The van der Waals surface area contributed by atoms with Gasteiger partial charge in [0.1, 0.15) is 6.54 Å². The van der Waals surface area contributed by atoms with E-state index in [1.165, 1.54) is 4.90 Å². The number of nitrogens with one attached hydrogen (secondary N) is 1. The van der Waals surface area contributed by atoms with Gasteiger partial charge in [0.2, 0.25) is 5.91 Å². The Bertz CT molecular complexity index is 870. The second-order valence-corrected chi connectivity index (χ2v) is 5.57. The SMILES string of the molecule is Cc1ccc2c(c1)N(CC(=O)Nc1ccc(F)c(F)c1F)CC(=O)O2. The van der Waals surface area contributed by atoms with E-state index in [0.717, 1.165) is 11.6 Å². The molecule has 1 amide bonds. The van der Waals surface area contributed by atoms with E-state index in [4.69, 9.17) is 4.74 Å². The van der Waals surface area contributed by atoms with Crippen LogP contribution in [0.3, 0.4) is 0 Å². The third-order valence-electron chi connectivity index (χ3n) is 3.64. The number of fused-ring (bicyclic) bond motifs is 1. The van der Waals surface area contributed by atoms with Gasteiger partial charge in [0, 0.05) is 0 Å². The summed E-state index contributed by atoms with van der Waals surface area (Å²) in [6.45, 7) is 1.39. The number of nitrogens with zero attached hydrogens (tertiary/aromatic N) is 1. The lowest BCUT2D eigenvalue weighted by atomic mass is 10.1. The number of carbonyl (C=O) groups excluding carboxylic acids is 2. The van der Waals surface area contributed by atoms with Gasteiger partial charge in [-0.1, -0.05) is 6.07 Å². The van der Waals surface area contributed by atoms with Crippen molar-refractivity contribution in [3.63, 3.8) is 0 Å². The van der Waals surface area contributed by atoms with E-state index in [1.807, 2.05) is 6.92 Å². The molecule has 0 unspecified atom stereocenters. The van der Waals surface area contributed by atoms with Crippen LogP contribution in [0, 0.1) is 24.4 Å². The summed E-state index contributed by atoms with van der Waals surface area (Å²) in [6, 6.07) is 6.75. The van der Waals surface area contributed by atoms with E-state index in [2.05, 4.69) is 5.32 Å². The molecule has 2 aromatic carbocycles. The minimum atomic E-state index is -1.67. The molecular formula is C17H13F3N2O3. The van der Waals surface area contributed by atoms with Crippen molar-refractivity contribution in [1.29, 1.82) is 0 Å². The number of halogens is 3. The molecule has 5 nitrogen and oxygen atoms in total. The van der Waals surface area contributed by atoms with Crippen molar-refractivity contribution in [2.24, 2.45) is 0 Å². The lowest BCUT2D eigenvalue weighted by Crippen LogP contribution is -2.41. The summed E-state index contributed by atoms with van der Waals surface area (Å²) in [7, 11) is 0. The molecule has 0 saturated heterocycles. The number of amides is 1. The fraction of sp³-hybridized carbons (Fsp3) is 0.176. The van der Waals surface area contributed by atoms with Gasteiger partial charge in [-0.3, -0.25) is 4.79 Å². The van der Waals surface area contributed by atoms with Gasteiger partial charge >= 0.3 is 5.97 Å². The zero-order valence-corrected chi connectivity index (χ0v) is 13.1. The summed E-state index contributed by atoms with van der Waals surface area (Å²) in [5.74, 6) is -5.41. The monoisotopic (exact) mass is 350 g/mol. The molecule has 0 spiro atoms. The minimum Gasteiger partial charge on any atom is -0.423 e. The lowest BCUT2D eigenvalue weighted by molar-refractivity contribution is -0.133. The average Bonchev–Trinajstić information content (AvgIpc) is 2.56. The summed E-state index contributed by atoms with van der Waals surface area (Å²) in [4.78, 5) is 25.3. The Morgan fingerprint density at radius 1 is 1.20 bits per heavy atom. The van der Waals surface area contributed by atoms with E-state index in [1.54, 1.807) is 18.2 Å². The zero-order valence-electron chi connectivity index (χ0n) is 13.1. The van der Waals surface area contributed by atoms with Crippen LogP contribution in [-0.4, -0.2) is 25.0 Å². The molecule has 25 heavy (non-hydrogen) atoms. The van der Waals surface area contributed by atoms with Crippen molar-refractivity contribution >= 4 is 23.3 Å². The van der Waals surface area contributed by atoms with E-state index in [-0.39, 0.29) is 13.1 Å². The van der Waals surface area contributed by atoms with Crippen LogP contribution in [0.25, 0.3) is 0 Å². The molecule has 3 rings (SSSR count). The number of rotatable bonds is 3. The summed E-state index contributed by atoms with van der Waals surface area (Å²) in [6.07, 6.45) is 0. The molecule has 0 saturated carbocycles. The summed E-state index contributed by atoms with van der Waals surface area (Å²) >= 11 is 0. The summed E-state index contributed by atoms with van der Waals surface area (Å²) in [5.41, 5.74) is 0.960. The standard InChI is InChI=1S/C17H13F3N2O3/c1-9-2-5-13-12(6-9)22(8-15(24)25-13)7-14(23)21-11-4-3-10(18)16(19)17(11)20/h2-6H,7-8H2,1H3,(H,21,23). The number of hydrogen-bond donors (Lipinski definition) is 1. The van der Waals surface area contributed by atoms with Crippen LogP contribution in [0.5, 0.6) is 5.75 Å². The zero-order chi connectivity index (χ0) is 18.1. The third-order valence-corrected chi connectivity index (χ3v) is 3.64. The van der Waals surface area contributed by atoms with Gasteiger partial charge in [-0.05, 0) is 36.8 Å². The van der Waals surface area contributed by atoms with Gasteiger partial charge in [-0.2, -0.15) is 0 Å². The van der Waals surface area contributed by atoms with Gasteiger partial charge in [0.25, 0.3) is 0 Å². The van der Waals surface area contributed by atoms with Crippen LogP contribution in [-0.2, 0) is 9.59 Å². The number of carbonyl (C=O) groups is 2. The number of esters is 1. The number of ether oxygens (including phenoxy) is 1. The van der Waals surface area contributed by atoms with Gasteiger partial charge in [0.05, 0.1) is 17.9 Å². The summed E-state index contributed by atoms with van der Waals surface area (Å²) < 4.78 is 44.9. The molecule has 0 radical (unpaired) electrons. The highest BCUT2D eigenvalue weighted by molar-refractivity contribution is 5.96. The second-order valence-electron chi connectivity index (χ2n) is 5.57. The normalized spacial score (nSPS) is 13.3.